The molecule has 0 saturated carbocycles. The van der Waals surface area contributed by atoms with Gasteiger partial charge in [-0.05, 0) is 18.5 Å². The van der Waals surface area contributed by atoms with E-state index in [0.29, 0.717) is 6.54 Å². The SMILES string of the molecule is CNCc1nc2ccc3ccccc3c2o1. The lowest BCUT2D eigenvalue weighted by molar-refractivity contribution is 0.513. The molecule has 1 aromatic heterocycles. The van der Waals surface area contributed by atoms with Crippen LogP contribution in [-0.4, -0.2) is 12.0 Å². The topological polar surface area (TPSA) is 38.1 Å². The van der Waals surface area contributed by atoms with Crippen LogP contribution in [0.15, 0.2) is 40.8 Å². The van der Waals surface area contributed by atoms with Crippen molar-refractivity contribution in [1.82, 2.24) is 10.3 Å². The minimum absolute atomic E-state index is 0.656. The maximum absolute atomic E-state index is 5.75. The summed E-state index contributed by atoms with van der Waals surface area (Å²) in [7, 11) is 1.88. The van der Waals surface area contributed by atoms with Gasteiger partial charge in [-0.2, -0.15) is 0 Å². The summed E-state index contributed by atoms with van der Waals surface area (Å²) in [6.07, 6.45) is 0. The first-order valence-electron chi connectivity index (χ1n) is 5.30. The van der Waals surface area contributed by atoms with Gasteiger partial charge >= 0.3 is 0 Å². The molecule has 3 nitrogen and oxygen atoms in total. The van der Waals surface area contributed by atoms with Gasteiger partial charge in [-0.1, -0.05) is 30.3 Å². The first-order chi connectivity index (χ1) is 7.88. The maximum Gasteiger partial charge on any atom is 0.209 e. The highest BCUT2D eigenvalue weighted by Gasteiger charge is 2.07. The van der Waals surface area contributed by atoms with Crippen LogP contribution >= 0.6 is 0 Å². The molecular formula is C13H12N2O. The highest BCUT2D eigenvalue weighted by atomic mass is 16.3. The fourth-order valence-corrected chi connectivity index (χ4v) is 1.93. The molecule has 0 fully saturated rings. The number of fused-ring (bicyclic) bond motifs is 3. The molecular weight excluding hydrogens is 200 g/mol. The van der Waals surface area contributed by atoms with Crippen molar-refractivity contribution in [1.29, 1.82) is 0 Å². The smallest absolute Gasteiger partial charge is 0.209 e. The van der Waals surface area contributed by atoms with E-state index >= 15 is 0 Å². The molecule has 16 heavy (non-hydrogen) atoms. The molecule has 3 rings (SSSR count). The van der Waals surface area contributed by atoms with Crippen molar-refractivity contribution >= 4 is 21.9 Å². The van der Waals surface area contributed by atoms with Crippen LogP contribution < -0.4 is 5.32 Å². The van der Waals surface area contributed by atoms with Crippen molar-refractivity contribution in [3.8, 4) is 0 Å². The monoisotopic (exact) mass is 212 g/mol. The second kappa shape index (κ2) is 3.61. The first kappa shape index (κ1) is 9.36. The average Bonchev–Trinajstić information content (AvgIpc) is 2.72. The highest BCUT2D eigenvalue weighted by Crippen LogP contribution is 2.25. The van der Waals surface area contributed by atoms with Crippen LogP contribution in [0.5, 0.6) is 0 Å². The number of nitrogens with one attached hydrogen (secondary N) is 1. The molecule has 80 valence electrons. The van der Waals surface area contributed by atoms with Gasteiger partial charge in [-0.15, -0.1) is 0 Å². The molecule has 0 unspecified atom stereocenters. The second-order valence-electron chi connectivity index (χ2n) is 3.77. The van der Waals surface area contributed by atoms with Crippen LogP contribution in [0.4, 0.5) is 0 Å². The Balaban J connectivity index is 2.32. The summed E-state index contributed by atoms with van der Waals surface area (Å²) in [5, 5.41) is 5.34. The Hall–Kier alpha value is -1.87. The zero-order valence-electron chi connectivity index (χ0n) is 9.03. The lowest BCUT2D eigenvalue weighted by Gasteiger charge is -1.95. The predicted octanol–water partition coefficient (Wildman–Crippen LogP) is 2.70. The van der Waals surface area contributed by atoms with Crippen LogP contribution in [0.1, 0.15) is 5.89 Å². The molecule has 0 spiro atoms. The molecule has 0 bridgehead atoms. The van der Waals surface area contributed by atoms with E-state index in [1.165, 1.54) is 5.39 Å². The van der Waals surface area contributed by atoms with E-state index in [9.17, 15) is 0 Å². The Morgan fingerprint density at radius 2 is 2.06 bits per heavy atom. The van der Waals surface area contributed by atoms with Gasteiger partial charge in [0.05, 0.1) is 6.54 Å². The summed E-state index contributed by atoms with van der Waals surface area (Å²) in [4.78, 5) is 4.42. The summed E-state index contributed by atoms with van der Waals surface area (Å²) in [6, 6.07) is 12.3. The van der Waals surface area contributed by atoms with Crippen LogP contribution in [0.25, 0.3) is 21.9 Å². The quantitative estimate of drug-likeness (QED) is 0.709. The lowest BCUT2D eigenvalue weighted by Crippen LogP contribution is -2.04. The van der Waals surface area contributed by atoms with Gasteiger partial charge in [0.2, 0.25) is 5.89 Å². The van der Waals surface area contributed by atoms with Crippen molar-refractivity contribution in [2.24, 2.45) is 0 Å². The number of rotatable bonds is 2. The van der Waals surface area contributed by atoms with Crippen LogP contribution in [-0.2, 0) is 6.54 Å². The Bertz CT molecular complexity index is 643. The molecule has 0 saturated heterocycles. The minimum atomic E-state index is 0.656. The Kier molecular flexibility index (Phi) is 2.11. The summed E-state index contributed by atoms with van der Waals surface area (Å²) in [6.45, 7) is 0.656. The average molecular weight is 212 g/mol. The fraction of sp³-hybridized carbons (Fsp3) is 0.154. The number of nitrogens with zero attached hydrogens (tertiary/aromatic N) is 1. The van der Waals surface area contributed by atoms with Crippen molar-refractivity contribution in [2.75, 3.05) is 7.05 Å². The van der Waals surface area contributed by atoms with E-state index in [2.05, 4.69) is 28.5 Å². The van der Waals surface area contributed by atoms with Crippen molar-refractivity contribution in [2.45, 2.75) is 6.54 Å². The molecule has 3 aromatic rings. The highest BCUT2D eigenvalue weighted by molar-refractivity contribution is 6.02. The largest absolute Gasteiger partial charge is 0.439 e. The van der Waals surface area contributed by atoms with Gasteiger partial charge in [0.15, 0.2) is 5.58 Å². The van der Waals surface area contributed by atoms with Crippen LogP contribution in [0.3, 0.4) is 0 Å². The van der Waals surface area contributed by atoms with E-state index < -0.39 is 0 Å². The summed E-state index contributed by atoms with van der Waals surface area (Å²) >= 11 is 0. The van der Waals surface area contributed by atoms with Crippen molar-refractivity contribution < 1.29 is 4.42 Å². The van der Waals surface area contributed by atoms with Gasteiger partial charge in [0.25, 0.3) is 0 Å². The Morgan fingerprint density at radius 3 is 2.94 bits per heavy atom. The third-order valence-electron chi connectivity index (χ3n) is 2.65. The summed E-state index contributed by atoms with van der Waals surface area (Å²) in [5.41, 5.74) is 1.80. The number of hydrogen-bond donors (Lipinski definition) is 1. The van der Waals surface area contributed by atoms with E-state index in [-0.39, 0.29) is 0 Å². The summed E-state index contributed by atoms with van der Waals surface area (Å²) < 4.78 is 5.75. The zero-order chi connectivity index (χ0) is 11.0. The first-order valence-corrected chi connectivity index (χ1v) is 5.30. The third kappa shape index (κ3) is 1.37. The molecule has 0 aliphatic carbocycles. The standard InChI is InChI=1S/C13H12N2O/c1-14-8-12-15-11-7-6-9-4-2-3-5-10(9)13(11)16-12/h2-7,14H,8H2,1H3. The molecule has 0 amide bonds. The molecule has 0 atom stereocenters. The molecule has 2 aromatic carbocycles. The number of oxazole rings is 1. The third-order valence-corrected chi connectivity index (χ3v) is 2.65. The molecule has 1 heterocycles. The van der Waals surface area contributed by atoms with E-state index in [1.807, 2.05) is 25.2 Å². The minimum Gasteiger partial charge on any atom is -0.439 e. The molecule has 3 heteroatoms. The van der Waals surface area contributed by atoms with E-state index in [4.69, 9.17) is 4.42 Å². The molecule has 0 radical (unpaired) electrons. The van der Waals surface area contributed by atoms with E-state index in [0.717, 1.165) is 22.4 Å². The Labute approximate surface area is 93.1 Å². The number of benzene rings is 2. The summed E-state index contributed by atoms with van der Waals surface area (Å²) in [5.74, 6) is 0.730. The van der Waals surface area contributed by atoms with Gasteiger partial charge in [-0.25, -0.2) is 4.98 Å². The maximum atomic E-state index is 5.75. The Morgan fingerprint density at radius 1 is 1.19 bits per heavy atom. The van der Waals surface area contributed by atoms with Crippen LogP contribution in [0.2, 0.25) is 0 Å². The van der Waals surface area contributed by atoms with Gasteiger partial charge in [0, 0.05) is 5.39 Å². The normalized spacial score (nSPS) is 11.3. The second-order valence-corrected chi connectivity index (χ2v) is 3.77. The fourth-order valence-electron chi connectivity index (χ4n) is 1.93. The van der Waals surface area contributed by atoms with Crippen LogP contribution in [0, 0.1) is 0 Å². The van der Waals surface area contributed by atoms with Gasteiger partial charge < -0.3 is 9.73 Å². The lowest BCUT2D eigenvalue weighted by atomic mass is 10.1. The van der Waals surface area contributed by atoms with Crippen molar-refractivity contribution in [3.63, 3.8) is 0 Å². The molecule has 1 N–H and O–H groups in total. The van der Waals surface area contributed by atoms with Gasteiger partial charge in [-0.3, -0.25) is 0 Å². The molecule has 0 aliphatic heterocycles. The molecule has 0 aliphatic rings. The van der Waals surface area contributed by atoms with Crippen molar-refractivity contribution in [3.05, 3.63) is 42.3 Å². The number of hydrogen-bond acceptors (Lipinski definition) is 3. The predicted molar refractivity (Wildman–Crippen MR) is 64.3 cm³/mol. The number of aromatic nitrogens is 1. The zero-order valence-corrected chi connectivity index (χ0v) is 9.03. The van der Waals surface area contributed by atoms with Gasteiger partial charge in [0.1, 0.15) is 5.52 Å². The van der Waals surface area contributed by atoms with E-state index in [1.54, 1.807) is 0 Å².